The van der Waals surface area contributed by atoms with Crippen LogP contribution in [-0.2, 0) is 14.3 Å². The largest absolute Gasteiger partial charge is 0.462 e. The van der Waals surface area contributed by atoms with Crippen LogP contribution in [0, 0.1) is 5.92 Å². The molecule has 2 unspecified atom stereocenters. The molecule has 1 rings (SSSR count). The van der Waals surface area contributed by atoms with Gasteiger partial charge in [0.2, 0.25) is 0 Å². The summed E-state index contributed by atoms with van der Waals surface area (Å²) >= 11 is 0. The molecule has 0 aromatic heterocycles. The number of hydrogen-bond acceptors (Lipinski definition) is 3. The molecule has 0 N–H and O–H groups in total. The van der Waals surface area contributed by atoms with Crippen LogP contribution in [-0.4, -0.2) is 23.8 Å². The maximum Gasteiger partial charge on any atom is 0.308 e. The van der Waals surface area contributed by atoms with Gasteiger partial charge in [-0.2, -0.15) is 0 Å². The Morgan fingerprint density at radius 1 is 1.43 bits per heavy atom. The summed E-state index contributed by atoms with van der Waals surface area (Å²) in [5.74, 6) is -0.138. The quantitative estimate of drug-likeness (QED) is 0.515. The highest BCUT2D eigenvalue weighted by Gasteiger charge is 2.60. The standard InChI is InChI=1S/C11H20O3/c1-6-8(2)9(12)13-7-11(5)10(3,4)14-11/h8H,6-7H2,1-5H3. The van der Waals surface area contributed by atoms with Crippen molar-refractivity contribution in [3.8, 4) is 0 Å². The third-order valence-electron chi connectivity index (χ3n) is 3.22. The van der Waals surface area contributed by atoms with E-state index >= 15 is 0 Å². The monoisotopic (exact) mass is 200 g/mol. The molecule has 14 heavy (non-hydrogen) atoms. The summed E-state index contributed by atoms with van der Waals surface area (Å²) in [6.45, 7) is 10.2. The zero-order valence-electron chi connectivity index (χ0n) is 9.72. The van der Waals surface area contributed by atoms with Crippen molar-refractivity contribution >= 4 is 5.97 Å². The Bertz CT molecular complexity index is 235. The van der Waals surface area contributed by atoms with Crippen molar-refractivity contribution in [1.29, 1.82) is 0 Å². The molecule has 1 heterocycles. The van der Waals surface area contributed by atoms with E-state index in [1.165, 1.54) is 0 Å². The lowest BCUT2D eigenvalue weighted by Gasteiger charge is -2.12. The third kappa shape index (κ3) is 2.08. The number of epoxide rings is 1. The fourth-order valence-corrected chi connectivity index (χ4v) is 1.26. The van der Waals surface area contributed by atoms with Gasteiger partial charge in [-0.1, -0.05) is 13.8 Å². The van der Waals surface area contributed by atoms with Crippen LogP contribution in [0.15, 0.2) is 0 Å². The topological polar surface area (TPSA) is 38.8 Å². The lowest BCUT2D eigenvalue weighted by atomic mass is 9.99. The zero-order valence-corrected chi connectivity index (χ0v) is 9.72. The van der Waals surface area contributed by atoms with Gasteiger partial charge >= 0.3 is 5.97 Å². The highest BCUT2D eigenvalue weighted by molar-refractivity contribution is 5.71. The maximum atomic E-state index is 11.4. The molecule has 1 saturated heterocycles. The number of hydrogen-bond donors (Lipinski definition) is 0. The van der Waals surface area contributed by atoms with Gasteiger partial charge < -0.3 is 9.47 Å². The molecular formula is C11H20O3. The predicted molar refractivity (Wildman–Crippen MR) is 54.0 cm³/mol. The molecule has 1 fully saturated rings. The number of carbonyl (C=O) groups is 1. The molecule has 1 aliphatic heterocycles. The highest BCUT2D eigenvalue weighted by Crippen LogP contribution is 2.47. The molecule has 0 saturated carbocycles. The van der Waals surface area contributed by atoms with Crippen molar-refractivity contribution < 1.29 is 14.3 Å². The van der Waals surface area contributed by atoms with Gasteiger partial charge in [-0.15, -0.1) is 0 Å². The summed E-state index contributed by atoms with van der Waals surface area (Å²) in [5.41, 5.74) is -0.432. The molecule has 0 spiro atoms. The minimum atomic E-state index is -0.282. The van der Waals surface area contributed by atoms with E-state index in [0.717, 1.165) is 6.42 Å². The van der Waals surface area contributed by atoms with E-state index in [4.69, 9.17) is 9.47 Å². The smallest absolute Gasteiger partial charge is 0.308 e. The van der Waals surface area contributed by atoms with Crippen LogP contribution in [0.25, 0.3) is 0 Å². The van der Waals surface area contributed by atoms with Gasteiger partial charge in [0.1, 0.15) is 12.2 Å². The Labute approximate surface area is 85.8 Å². The summed E-state index contributed by atoms with van der Waals surface area (Å²) in [6.07, 6.45) is 0.819. The minimum Gasteiger partial charge on any atom is -0.462 e. The molecule has 3 heteroatoms. The summed E-state index contributed by atoms with van der Waals surface area (Å²) in [7, 11) is 0. The third-order valence-corrected chi connectivity index (χ3v) is 3.22. The van der Waals surface area contributed by atoms with E-state index in [1.54, 1.807) is 0 Å². The summed E-state index contributed by atoms with van der Waals surface area (Å²) in [4.78, 5) is 11.4. The molecule has 3 nitrogen and oxygen atoms in total. The minimum absolute atomic E-state index is 0.0135. The fourth-order valence-electron chi connectivity index (χ4n) is 1.26. The Balaban J connectivity index is 2.32. The lowest BCUT2D eigenvalue weighted by Crippen LogP contribution is -2.27. The highest BCUT2D eigenvalue weighted by atomic mass is 16.7. The molecule has 1 aliphatic rings. The van der Waals surface area contributed by atoms with Crippen LogP contribution in [0.5, 0.6) is 0 Å². The number of carbonyl (C=O) groups excluding carboxylic acids is 1. The fraction of sp³-hybridized carbons (Fsp3) is 0.909. The number of rotatable bonds is 4. The molecule has 0 radical (unpaired) electrons. The van der Waals surface area contributed by atoms with E-state index in [1.807, 2.05) is 34.6 Å². The van der Waals surface area contributed by atoms with Crippen LogP contribution in [0.1, 0.15) is 41.0 Å². The van der Waals surface area contributed by atoms with E-state index in [9.17, 15) is 4.79 Å². The van der Waals surface area contributed by atoms with Crippen molar-refractivity contribution in [2.45, 2.75) is 52.2 Å². The van der Waals surface area contributed by atoms with Crippen LogP contribution in [0.3, 0.4) is 0 Å². The molecule has 0 aromatic rings. The predicted octanol–water partition coefficient (Wildman–Crippen LogP) is 2.14. The van der Waals surface area contributed by atoms with Gasteiger partial charge in [0.05, 0.1) is 11.5 Å². The average molecular weight is 200 g/mol. The maximum absolute atomic E-state index is 11.4. The second-order valence-electron chi connectivity index (χ2n) is 4.76. The van der Waals surface area contributed by atoms with Crippen LogP contribution in [0.4, 0.5) is 0 Å². The first-order valence-corrected chi connectivity index (χ1v) is 5.19. The second-order valence-corrected chi connectivity index (χ2v) is 4.76. The second kappa shape index (κ2) is 3.54. The molecular weight excluding hydrogens is 180 g/mol. The number of ether oxygens (including phenoxy) is 2. The van der Waals surface area contributed by atoms with Crippen LogP contribution >= 0.6 is 0 Å². The Morgan fingerprint density at radius 2 is 1.93 bits per heavy atom. The van der Waals surface area contributed by atoms with E-state index < -0.39 is 0 Å². The SMILES string of the molecule is CCC(C)C(=O)OCC1(C)OC1(C)C. The Hall–Kier alpha value is -0.570. The first-order valence-electron chi connectivity index (χ1n) is 5.19. The van der Waals surface area contributed by atoms with Crippen molar-refractivity contribution in [1.82, 2.24) is 0 Å². The van der Waals surface area contributed by atoms with E-state index in [0.29, 0.717) is 6.61 Å². The van der Waals surface area contributed by atoms with Crippen molar-refractivity contribution in [3.05, 3.63) is 0 Å². The van der Waals surface area contributed by atoms with Gasteiger partial charge in [-0.3, -0.25) is 4.79 Å². The average Bonchev–Trinajstić information content (AvgIpc) is 2.61. The molecule has 82 valence electrons. The molecule has 0 amide bonds. The molecule has 0 aliphatic carbocycles. The Kier molecular flexibility index (Phi) is 2.91. The zero-order chi connectivity index (χ0) is 11.0. The van der Waals surface area contributed by atoms with Crippen molar-refractivity contribution in [2.24, 2.45) is 5.92 Å². The van der Waals surface area contributed by atoms with Crippen LogP contribution in [0.2, 0.25) is 0 Å². The van der Waals surface area contributed by atoms with E-state index in [-0.39, 0.29) is 23.1 Å². The Morgan fingerprint density at radius 3 is 2.29 bits per heavy atom. The van der Waals surface area contributed by atoms with Crippen molar-refractivity contribution in [3.63, 3.8) is 0 Å². The van der Waals surface area contributed by atoms with E-state index in [2.05, 4.69) is 0 Å². The normalized spacial score (nSPS) is 30.9. The number of esters is 1. The first-order chi connectivity index (χ1) is 6.32. The first kappa shape index (κ1) is 11.5. The van der Waals surface area contributed by atoms with Gasteiger partial charge in [-0.25, -0.2) is 0 Å². The summed E-state index contributed by atoms with van der Waals surface area (Å²) < 4.78 is 10.7. The lowest BCUT2D eigenvalue weighted by molar-refractivity contribution is -0.149. The summed E-state index contributed by atoms with van der Waals surface area (Å²) in [5, 5.41) is 0. The molecule has 0 aromatic carbocycles. The van der Waals surface area contributed by atoms with Gasteiger partial charge in [0, 0.05) is 0 Å². The molecule has 2 atom stereocenters. The molecule has 0 bridgehead atoms. The summed E-state index contributed by atoms with van der Waals surface area (Å²) in [6, 6.07) is 0. The van der Waals surface area contributed by atoms with Gasteiger partial charge in [0.25, 0.3) is 0 Å². The van der Waals surface area contributed by atoms with Gasteiger partial charge in [0.15, 0.2) is 0 Å². The van der Waals surface area contributed by atoms with Crippen LogP contribution < -0.4 is 0 Å². The van der Waals surface area contributed by atoms with Gasteiger partial charge in [-0.05, 0) is 27.2 Å². The van der Waals surface area contributed by atoms with Crippen molar-refractivity contribution in [2.75, 3.05) is 6.61 Å².